The predicted octanol–water partition coefficient (Wildman–Crippen LogP) is 3.13. The molecule has 1 N–H and O–H groups in total. The van der Waals surface area contributed by atoms with Crippen LogP contribution in [0.15, 0.2) is 24.3 Å². The Kier molecular flexibility index (Phi) is 6.70. The third-order valence-electron chi connectivity index (χ3n) is 4.41. The van der Waals surface area contributed by atoms with Gasteiger partial charge < -0.3 is 10.2 Å². The Morgan fingerprint density at radius 2 is 1.92 bits per heavy atom. The van der Waals surface area contributed by atoms with E-state index in [9.17, 15) is 18.0 Å². The van der Waals surface area contributed by atoms with Crippen molar-refractivity contribution < 1.29 is 18.0 Å². The summed E-state index contributed by atoms with van der Waals surface area (Å²) in [5, 5.41) is 2.98. The summed E-state index contributed by atoms with van der Waals surface area (Å²) in [6, 6.07) is 5.58. The van der Waals surface area contributed by atoms with E-state index in [4.69, 9.17) is 0 Å². The van der Waals surface area contributed by atoms with Crippen molar-refractivity contribution in [2.24, 2.45) is 0 Å². The normalized spacial score (nSPS) is 17.4. The minimum absolute atomic E-state index is 0.00784. The van der Waals surface area contributed by atoms with Crippen LogP contribution in [0.5, 0.6) is 0 Å². The first-order valence-electron chi connectivity index (χ1n) is 8.73. The quantitative estimate of drug-likeness (QED) is 0.850. The van der Waals surface area contributed by atoms with Gasteiger partial charge in [-0.2, -0.15) is 13.2 Å². The van der Waals surface area contributed by atoms with Gasteiger partial charge in [-0.15, -0.1) is 0 Å². The second-order valence-electron chi connectivity index (χ2n) is 6.57. The molecular formula is C18H26F3N3O. The Labute approximate surface area is 147 Å². The Morgan fingerprint density at radius 1 is 1.24 bits per heavy atom. The highest BCUT2D eigenvalue weighted by Crippen LogP contribution is 2.31. The molecule has 0 aliphatic carbocycles. The lowest BCUT2D eigenvalue weighted by Gasteiger charge is -2.36. The maximum Gasteiger partial charge on any atom is 0.416 e. The van der Waals surface area contributed by atoms with Crippen LogP contribution in [0.1, 0.15) is 32.3 Å². The Morgan fingerprint density at radius 3 is 2.52 bits per heavy atom. The molecular weight excluding hydrogens is 331 g/mol. The fourth-order valence-corrected chi connectivity index (χ4v) is 3.07. The minimum atomic E-state index is -4.33. The maximum atomic E-state index is 12.8. The van der Waals surface area contributed by atoms with E-state index in [-0.39, 0.29) is 11.9 Å². The summed E-state index contributed by atoms with van der Waals surface area (Å²) in [5.41, 5.74) is -0.0489. The predicted molar refractivity (Wildman–Crippen MR) is 92.6 cm³/mol. The van der Waals surface area contributed by atoms with E-state index in [2.05, 4.69) is 12.2 Å². The number of nitrogens with one attached hydrogen (secondary N) is 1. The fourth-order valence-electron chi connectivity index (χ4n) is 3.07. The number of nitrogens with zero attached hydrogens (tertiary/aromatic N) is 2. The second-order valence-corrected chi connectivity index (χ2v) is 6.57. The van der Waals surface area contributed by atoms with E-state index in [0.29, 0.717) is 38.4 Å². The second kappa shape index (κ2) is 8.56. The van der Waals surface area contributed by atoms with Crippen LogP contribution in [0, 0.1) is 0 Å². The number of amides is 1. The van der Waals surface area contributed by atoms with E-state index < -0.39 is 11.7 Å². The molecule has 2 rings (SSSR count). The van der Waals surface area contributed by atoms with Crippen molar-refractivity contribution in [2.45, 2.75) is 38.9 Å². The van der Waals surface area contributed by atoms with Gasteiger partial charge >= 0.3 is 6.18 Å². The molecule has 7 heteroatoms. The molecule has 0 aromatic heterocycles. The number of piperazine rings is 1. The van der Waals surface area contributed by atoms with Crippen LogP contribution in [-0.2, 0) is 11.0 Å². The first kappa shape index (κ1) is 19.6. The van der Waals surface area contributed by atoms with Crippen LogP contribution in [0.4, 0.5) is 18.9 Å². The van der Waals surface area contributed by atoms with Crippen molar-refractivity contribution in [1.82, 2.24) is 10.2 Å². The largest absolute Gasteiger partial charge is 0.416 e. The smallest absolute Gasteiger partial charge is 0.369 e. The average molecular weight is 357 g/mol. The third kappa shape index (κ3) is 5.92. The first-order valence-corrected chi connectivity index (χ1v) is 8.73. The van der Waals surface area contributed by atoms with Crippen molar-refractivity contribution in [3.8, 4) is 0 Å². The van der Waals surface area contributed by atoms with Gasteiger partial charge in [-0.1, -0.05) is 19.4 Å². The highest BCUT2D eigenvalue weighted by atomic mass is 19.4. The highest BCUT2D eigenvalue weighted by molar-refractivity contribution is 5.78. The molecule has 4 nitrogen and oxygen atoms in total. The van der Waals surface area contributed by atoms with Gasteiger partial charge in [-0.05, 0) is 31.5 Å². The summed E-state index contributed by atoms with van der Waals surface area (Å²) >= 11 is 0. The highest BCUT2D eigenvalue weighted by Gasteiger charge is 2.31. The molecule has 1 saturated heterocycles. The maximum absolute atomic E-state index is 12.8. The van der Waals surface area contributed by atoms with Gasteiger partial charge in [0.15, 0.2) is 0 Å². The van der Waals surface area contributed by atoms with Gasteiger partial charge in [0.2, 0.25) is 5.91 Å². The summed E-state index contributed by atoms with van der Waals surface area (Å²) in [4.78, 5) is 16.0. The van der Waals surface area contributed by atoms with E-state index in [1.165, 1.54) is 12.1 Å². The van der Waals surface area contributed by atoms with Crippen molar-refractivity contribution in [1.29, 1.82) is 0 Å². The van der Waals surface area contributed by atoms with Gasteiger partial charge in [0.1, 0.15) is 0 Å². The van der Waals surface area contributed by atoms with E-state index in [1.807, 2.05) is 16.7 Å². The van der Waals surface area contributed by atoms with Crippen LogP contribution >= 0.6 is 0 Å². The summed E-state index contributed by atoms with van der Waals surface area (Å²) in [7, 11) is 0. The SMILES string of the molecule is CCCC(C)NC(=O)CN1CCN(c2cccc(C(F)(F)F)c2)CC1. The number of hydrogen-bond donors (Lipinski definition) is 1. The molecule has 1 fully saturated rings. The summed E-state index contributed by atoms with van der Waals surface area (Å²) in [6.45, 7) is 6.95. The van der Waals surface area contributed by atoms with E-state index >= 15 is 0 Å². The minimum Gasteiger partial charge on any atom is -0.369 e. The molecule has 1 aromatic rings. The number of halogens is 3. The molecule has 25 heavy (non-hydrogen) atoms. The van der Waals surface area contributed by atoms with Crippen molar-refractivity contribution in [3.05, 3.63) is 29.8 Å². The Hall–Kier alpha value is -1.76. The summed E-state index contributed by atoms with van der Waals surface area (Å²) in [5.74, 6) is 0.00784. The van der Waals surface area contributed by atoms with Crippen LogP contribution in [0.2, 0.25) is 0 Å². The van der Waals surface area contributed by atoms with Crippen molar-refractivity contribution >= 4 is 11.6 Å². The number of carbonyl (C=O) groups excluding carboxylic acids is 1. The van der Waals surface area contributed by atoms with Crippen molar-refractivity contribution in [3.63, 3.8) is 0 Å². The van der Waals surface area contributed by atoms with Crippen LogP contribution in [0.3, 0.4) is 0 Å². The molecule has 1 unspecified atom stereocenters. The third-order valence-corrected chi connectivity index (χ3v) is 4.41. The standard InChI is InChI=1S/C18H26F3N3O/c1-3-5-14(2)22-17(25)13-23-8-10-24(11-9-23)16-7-4-6-15(12-16)18(19,20)21/h4,6-7,12,14H,3,5,8-11,13H2,1-2H3,(H,22,25). The zero-order chi connectivity index (χ0) is 18.4. The average Bonchev–Trinajstić information content (AvgIpc) is 2.55. The number of rotatable bonds is 6. The van der Waals surface area contributed by atoms with Gasteiger partial charge in [-0.3, -0.25) is 9.69 Å². The lowest BCUT2D eigenvalue weighted by Crippen LogP contribution is -2.50. The van der Waals surface area contributed by atoms with Crippen molar-refractivity contribution in [2.75, 3.05) is 37.6 Å². The number of benzene rings is 1. The van der Waals surface area contributed by atoms with E-state index in [0.717, 1.165) is 18.9 Å². The molecule has 0 radical (unpaired) electrons. The molecule has 0 spiro atoms. The Balaban J connectivity index is 1.84. The topological polar surface area (TPSA) is 35.6 Å². The first-order chi connectivity index (χ1) is 11.8. The molecule has 0 saturated carbocycles. The molecule has 140 valence electrons. The van der Waals surface area contributed by atoms with Gasteiger partial charge in [0.25, 0.3) is 0 Å². The number of anilines is 1. The molecule has 1 atom stereocenters. The van der Waals surface area contributed by atoms with Crippen LogP contribution in [-0.4, -0.2) is 49.6 Å². The summed E-state index contributed by atoms with van der Waals surface area (Å²) < 4.78 is 38.5. The molecule has 1 heterocycles. The lowest BCUT2D eigenvalue weighted by atomic mass is 10.1. The Bertz CT molecular complexity index is 569. The zero-order valence-corrected chi connectivity index (χ0v) is 14.8. The molecule has 1 aliphatic heterocycles. The number of alkyl halides is 3. The summed E-state index contributed by atoms with van der Waals surface area (Å²) in [6.07, 6.45) is -2.35. The van der Waals surface area contributed by atoms with Gasteiger partial charge in [0.05, 0.1) is 12.1 Å². The number of carbonyl (C=O) groups is 1. The van der Waals surface area contributed by atoms with Gasteiger partial charge in [0, 0.05) is 37.9 Å². The monoisotopic (exact) mass is 357 g/mol. The van der Waals surface area contributed by atoms with Crippen LogP contribution < -0.4 is 10.2 Å². The zero-order valence-electron chi connectivity index (χ0n) is 14.8. The van der Waals surface area contributed by atoms with Gasteiger partial charge in [-0.25, -0.2) is 0 Å². The van der Waals surface area contributed by atoms with E-state index in [1.54, 1.807) is 6.07 Å². The molecule has 1 aromatic carbocycles. The molecule has 0 bridgehead atoms. The number of hydrogen-bond acceptors (Lipinski definition) is 3. The van der Waals surface area contributed by atoms with Crippen LogP contribution in [0.25, 0.3) is 0 Å². The lowest BCUT2D eigenvalue weighted by molar-refractivity contribution is -0.137. The molecule has 1 amide bonds. The fraction of sp³-hybridized carbons (Fsp3) is 0.611. The molecule has 1 aliphatic rings.